The van der Waals surface area contributed by atoms with E-state index in [9.17, 15) is 15.3 Å². The van der Waals surface area contributed by atoms with Crippen molar-refractivity contribution in [2.24, 2.45) is 0 Å². The molecule has 3 N–H and O–H groups in total. The topological polar surface area (TPSA) is 69.9 Å². The molecule has 1 fully saturated rings. The van der Waals surface area contributed by atoms with Gasteiger partial charge in [-0.05, 0) is 13.8 Å². The number of hydrogen-bond acceptors (Lipinski definition) is 4. The van der Waals surface area contributed by atoms with Gasteiger partial charge in [0.1, 0.15) is 18.3 Å². The van der Waals surface area contributed by atoms with E-state index in [1.165, 1.54) is 0 Å². The Bertz CT molecular complexity index is 124. The van der Waals surface area contributed by atoms with Crippen molar-refractivity contribution in [3.05, 3.63) is 0 Å². The first kappa shape index (κ1) is 8.93. The molecule has 1 saturated heterocycles. The summed E-state index contributed by atoms with van der Waals surface area (Å²) in [7, 11) is 0. The summed E-state index contributed by atoms with van der Waals surface area (Å²) in [6.45, 7) is 3.33. The molecule has 1 aliphatic heterocycles. The quantitative estimate of drug-likeness (QED) is 0.422. The van der Waals surface area contributed by atoms with Gasteiger partial charge in [-0.1, -0.05) is 0 Å². The predicted octanol–water partition coefficient (Wildman–Crippen LogP) is -1.12. The van der Waals surface area contributed by atoms with Gasteiger partial charge >= 0.3 is 0 Å². The van der Waals surface area contributed by atoms with E-state index in [2.05, 4.69) is 0 Å². The van der Waals surface area contributed by atoms with Crippen molar-refractivity contribution in [3.8, 4) is 0 Å². The van der Waals surface area contributed by atoms with E-state index in [0.29, 0.717) is 0 Å². The summed E-state index contributed by atoms with van der Waals surface area (Å²) in [5.74, 6) is 0. The largest absolute Gasteiger partial charge is 0.388 e. The van der Waals surface area contributed by atoms with Crippen LogP contribution < -0.4 is 0 Å². The molecule has 1 heterocycles. The van der Waals surface area contributed by atoms with Gasteiger partial charge in [0.05, 0.1) is 12.2 Å². The van der Waals surface area contributed by atoms with Crippen LogP contribution in [-0.4, -0.2) is 45.8 Å². The van der Waals surface area contributed by atoms with Crippen LogP contribution in [0.25, 0.3) is 0 Å². The molecule has 0 aromatic carbocycles. The Hall–Kier alpha value is -0.160. The monoisotopic (exact) mass is 162 g/mol. The van der Waals surface area contributed by atoms with Crippen molar-refractivity contribution in [2.75, 3.05) is 0 Å². The number of hydrogen-bond donors (Lipinski definition) is 3. The molecule has 4 nitrogen and oxygen atoms in total. The molecule has 0 aromatic heterocycles. The van der Waals surface area contributed by atoms with Crippen molar-refractivity contribution in [2.45, 2.75) is 44.4 Å². The first-order valence-electron chi connectivity index (χ1n) is 3.73. The minimum Gasteiger partial charge on any atom is -0.388 e. The molecule has 66 valence electrons. The lowest BCUT2D eigenvalue weighted by Gasteiger charge is -2.37. The number of aliphatic hydroxyl groups excluding tert-OH is 3. The van der Waals surface area contributed by atoms with Gasteiger partial charge < -0.3 is 20.1 Å². The number of aliphatic hydroxyl groups is 3. The molecule has 0 saturated carbocycles. The zero-order chi connectivity index (χ0) is 8.59. The van der Waals surface area contributed by atoms with Gasteiger partial charge in [0.2, 0.25) is 0 Å². The van der Waals surface area contributed by atoms with E-state index < -0.39 is 30.5 Å². The minimum absolute atomic E-state index is 0.414. The van der Waals surface area contributed by atoms with Crippen molar-refractivity contribution >= 4 is 0 Å². The lowest BCUT2D eigenvalue weighted by Crippen LogP contribution is -2.55. The Morgan fingerprint density at radius 3 is 1.55 bits per heavy atom. The van der Waals surface area contributed by atoms with Crippen LogP contribution in [-0.2, 0) is 4.74 Å². The Kier molecular flexibility index (Phi) is 2.49. The molecule has 0 aliphatic carbocycles. The van der Waals surface area contributed by atoms with Gasteiger partial charge in [0.15, 0.2) is 0 Å². The Morgan fingerprint density at radius 1 is 0.818 bits per heavy atom. The summed E-state index contributed by atoms with van der Waals surface area (Å²) >= 11 is 0. The highest BCUT2D eigenvalue weighted by Gasteiger charge is 2.39. The molecule has 2 unspecified atom stereocenters. The fourth-order valence-electron chi connectivity index (χ4n) is 1.26. The molecular formula is C7H14O4. The summed E-state index contributed by atoms with van der Waals surface area (Å²) in [6, 6.07) is 0. The Morgan fingerprint density at radius 2 is 1.18 bits per heavy atom. The second kappa shape index (κ2) is 3.06. The Labute approximate surface area is 65.4 Å². The van der Waals surface area contributed by atoms with Gasteiger partial charge in [-0.25, -0.2) is 0 Å². The zero-order valence-electron chi connectivity index (χ0n) is 6.64. The Balaban J connectivity index is 2.63. The van der Waals surface area contributed by atoms with Crippen molar-refractivity contribution < 1.29 is 20.1 Å². The number of rotatable bonds is 0. The maximum atomic E-state index is 9.21. The lowest BCUT2D eigenvalue weighted by atomic mass is 9.97. The highest BCUT2D eigenvalue weighted by Crippen LogP contribution is 2.19. The van der Waals surface area contributed by atoms with E-state index in [-0.39, 0.29) is 0 Å². The van der Waals surface area contributed by atoms with E-state index in [1.54, 1.807) is 13.8 Å². The summed E-state index contributed by atoms with van der Waals surface area (Å²) < 4.78 is 5.12. The van der Waals surface area contributed by atoms with Crippen LogP contribution >= 0.6 is 0 Å². The first-order valence-corrected chi connectivity index (χ1v) is 3.73. The van der Waals surface area contributed by atoms with Crippen LogP contribution in [0.5, 0.6) is 0 Å². The zero-order valence-corrected chi connectivity index (χ0v) is 6.64. The third kappa shape index (κ3) is 1.54. The molecule has 5 atom stereocenters. The molecular weight excluding hydrogens is 148 g/mol. The van der Waals surface area contributed by atoms with Crippen LogP contribution in [0, 0.1) is 0 Å². The van der Waals surface area contributed by atoms with Gasteiger partial charge in [-0.2, -0.15) is 0 Å². The maximum Gasteiger partial charge on any atom is 0.111 e. The molecule has 1 rings (SSSR count). The van der Waals surface area contributed by atoms with Crippen molar-refractivity contribution in [1.29, 1.82) is 0 Å². The fraction of sp³-hybridized carbons (Fsp3) is 1.00. The summed E-state index contributed by atoms with van der Waals surface area (Å²) in [4.78, 5) is 0. The van der Waals surface area contributed by atoms with Crippen LogP contribution in [0.3, 0.4) is 0 Å². The number of ether oxygens (including phenoxy) is 1. The SMILES string of the molecule is CC1O[C@@H](C)[C@H](O)C(O)[C@H]1O. The second-order valence-corrected chi connectivity index (χ2v) is 3.02. The average molecular weight is 162 g/mol. The standard InChI is InChI=1S/C7H14O4/c1-3-5(8)7(10)6(9)4(2)11-3/h3-10H,1-2H3/t3-,4?,5-,6-,7?/m0/s1. The van der Waals surface area contributed by atoms with Crippen molar-refractivity contribution in [3.63, 3.8) is 0 Å². The summed E-state index contributed by atoms with van der Waals surface area (Å²) in [5, 5.41) is 27.6. The fourth-order valence-corrected chi connectivity index (χ4v) is 1.26. The van der Waals surface area contributed by atoms with Gasteiger partial charge in [0, 0.05) is 0 Å². The maximum absolute atomic E-state index is 9.21. The second-order valence-electron chi connectivity index (χ2n) is 3.02. The molecule has 0 bridgehead atoms. The van der Waals surface area contributed by atoms with Gasteiger partial charge in [-0.3, -0.25) is 0 Å². The predicted molar refractivity (Wildman–Crippen MR) is 38.0 cm³/mol. The van der Waals surface area contributed by atoms with Crippen molar-refractivity contribution in [1.82, 2.24) is 0 Å². The molecule has 4 heteroatoms. The minimum atomic E-state index is -1.09. The summed E-state index contributed by atoms with van der Waals surface area (Å²) in [5.41, 5.74) is 0. The normalized spacial score (nSPS) is 52.6. The van der Waals surface area contributed by atoms with E-state index in [4.69, 9.17) is 4.74 Å². The van der Waals surface area contributed by atoms with Gasteiger partial charge in [-0.15, -0.1) is 0 Å². The third-order valence-corrected chi connectivity index (χ3v) is 2.09. The van der Waals surface area contributed by atoms with Crippen LogP contribution in [0.15, 0.2) is 0 Å². The smallest absolute Gasteiger partial charge is 0.111 e. The molecule has 11 heavy (non-hydrogen) atoms. The van der Waals surface area contributed by atoms with E-state index in [1.807, 2.05) is 0 Å². The molecule has 0 amide bonds. The highest BCUT2D eigenvalue weighted by molar-refractivity contribution is 4.88. The van der Waals surface area contributed by atoms with Gasteiger partial charge in [0.25, 0.3) is 0 Å². The molecule has 1 aliphatic rings. The first-order chi connectivity index (χ1) is 5.04. The van der Waals surface area contributed by atoms with Crippen LogP contribution in [0.4, 0.5) is 0 Å². The van der Waals surface area contributed by atoms with Crippen LogP contribution in [0.2, 0.25) is 0 Å². The molecule has 0 aromatic rings. The van der Waals surface area contributed by atoms with Crippen LogP contribution in [0.1, 0.15) is 13.8 Å². The summed E-state index contributed by atoms with van der Waals surface area (Å²) in [6.07, 6.45) is -3.89. The third-order valence-electron chi connectivity index (χ3n) is 2.09. The van der Waals surface area contributed by atoms with E-state index >= 15 is 0 Å². The average Bonchev–Trinajstić information content (AvgIpc) is 1.97. The lowest BCUT2D eigenvalue weighted by molar-refractivity contribution is -0.211. The molecule has 0 radical (unpaired) electrons. The van der Waals surface area contributed by atoms with E-state index in [0.717, 1.165) is 0 Å². The molecule has 0 spiro atoms. The highest BCUT2D eigenvalue weighted by atomic mass is 16.5.